The fraction of sp³-hybridized carbons (Fsp3) is 0.385. The largest absolute Gasteiger partial charge is 0.343 e. The highest BCUT2D eigenvalue weighted by atomic mass is 19.1. The second kappa shape index (κ2) is 5.16. The van der Waals surface area contributed by atoms with Gasteiger partial charge in [-0.2, -0.15) is 0 Å². The molecule has 2 rings (SSSR count). The molecule has 1 saturated heterocycles. The molecule has 1 aliphatic rings. The Morgan fingerprint density at radius 1 is 1.33 bits per heavy atom. The third-order valence-electron chi connectivity index (χ3n) is 2.92. The van der Waals surface area contributed by atoms with Crippen LogP contribution in [-0.2, 0) is 9.59 Å². The average Bonchev–Trinajstić information content (AvgIpc) is 2.35. The molecule has 0 spiro atoms. The molecule has 18 heavy (non-hydrogen) atoms. The fourth-order valence-corrected chi connectivity index (χ4v) is 2.04. The number of nitrogens with zero attached hydrogens (tertiary/aromatic N) is 1. The summed E-state index contributed by atoms with van der Waals surface area (Å²) in [5.41, 5.74) is 0.553. The van der Waals surface area contributed by atoms with Crippen LogP contribution in [0.3, 0.4) is 0 Å². The van der Waals surface area contributed by atoms with Crippen molar-refractivity contribution < 1.29 is 14.0 Å². The van der Waals surface area contributed by atoms with Crippen LogP contribution in [0.2, 0.25) is 0 Å². The van der Waals surface area contributed by atoms with Crippen molar-refractivity contribution in [1.29, 1.82) is 0 Å². The van der Waals surface area contributed by atoms with Crippen molar-refractivity contribution in [2.45, 2.75) is 25.8 Å². The van der Waals surface area contributed by atoms with Crippen LogP contribution < -0.4 is 10.2 Å². The number of nitrogens with one attached hydrogen (secondary N) is 1. The lowest BCUT2D eigenvalue weighted by molar-refractivity contribution is -0.131. The van der Waals surface area contributed by atoms with E-state index in [1.54, 1.807) is 0 Å². The normalized spacial score (nSPS) is 19.9. The number of piperazine rings is 1. The summed E-state index contributed by atoms with van der Waals surface area (Å²) in [6.45, 7) is 1.95. The van der Waals surface area contributed by atoms with Crippen molar-refractivity contribution in [3.63, 3.8) is 0 Å². The third-order valence-corrected chi connectivity index (χ3v) is 2.92. The summed E-state index contributed by atoms with van der Waals surface area (Å²) in [6, 6.07) is 5.11. The Bertz CT molecular complexity index is 459. The SMILES string of the molecule is CCCC1NC(=O)CN(c2ccc(F)cc2)C1=O. The minimum absolute atomic E-state index is 0.00925. The van der Waals surface area contributed by atoms with Gasteiger partial charge < -0.3 is 10.2 Å². The number of amides is 2. The lowest BCUT2D eigenvalue weighted by Gasteiger charge is -2.32. The lowest BCUT2D eigenvalue weighted by atomic mass is 10.1. The Labute approximate surface area is 105 Å². The molecule has 0 radical (unpaired) electrons. The standard InChI is InChI=1S/C13H15FN2O2/c1-2-3-11-13(18)16(8-12(17)15-11)10-6-4-9(14)5-7-10/h4-7,11H,2-3,8H2,1H3,(H,15,17). The van der Waals surface area contributed by atoms with Gasteiger partial charge in [0.25, 0.3) is 0 Å². The van der Waals surface area contributed by atoms with Crippen molar-refractivity contribution in [1.82, 2.24) is 5.32 Å². The molecule has 1 fully saturated rings. The van der Waals surface area contributed by atoms with Crippen LogP contribution in [0.1, 0.15) is 19.8 Å². The maximum atomic E-state index is 12.8. The van der Waals surface area contributed by atoms with E-state index in [4.69, 9.17) is 0 Å². The van der Waals surface area contributed by atoms with E-state index in [1.165, 1.54) is 29.2 Å². The number of rotatable bonds is 3. The van der Waals surface area contributed by atoms with Gasteiger partial charge in [-0.3, -0.25) is 9.59 Å². The minimum Gasteiger partial charge on any atom is -0.343 e. The Balaban J connectivity index is 2.23. The molecule has 0 bridgehead atoms. The number of carbonyl (C=O) groups excluding carboxylic acids is 2. The van der Waals surface area contributed by atoms with E-state index < -0.39 is 6.04 Å². The van der Waals surface area contributed by atoms with Crippen LogP contribution in [0.4, 0.5) is 10.1 Å². The maximum absolute atomic E-state index is 12.8. The third kappa shape index (κ3) is 2.50. The van der Waals surface area contributed by atoms with Gasteiger partial charge >= 0.3 is 0 Å². The van der Waals surface area contributed by atoms with Gasteiger partial charge in [0.05, 0.1) is 0 Å². The zero-order valence-electron chi connectivity index (χ0n) is 10.1. The first kappa shape index (κ1) is 12.5. The van der Waals surface area contributed by atoms with E-state index in [2.05, 4.69) is 5.32 Å². The number of halogens is 1. The molecule has 0 aromatic heterocycles. The molecule has 1 N–H and O–H groups in total. The zero-order chi connectivity index (χ0) is 13.1. The van der Waals surface area contributed by atoms with Gasteiger partial charge in [-0.25, -0.2) is 4.39 Å². The first-order valence-electron chi connectivity index (χ1n) is 5.98. The second-order valence-corrected chi connectivity index (χ2v) is 4.31. The highest BCUT2D eigenvalue weighted by Crippen LogP contribution is 2.19. The van der Waals surface area contributed by atoms with Crippen molar-refractivity contribution in [3.8, 4) is 0 Å². The van der Waals surface area contributed by atoms with Gasteiger partial charge in [-0.15, -0.1) is 0 Å². The van der Waals surface area contributed by atoms with E-state index in [9.17, 15) is 14.0 Å². The van der Waals surface area contributed by atoms with Crippen molar-refractivity contribution in [3.05, 3.63) is 30.1 Å². The molecule has 0 saturated carbocycles. The monoisotopic (exact) mass is 250 g/mol. The summed E-state index contributed by atoms with van der Waals surface area (Å²) < 4.78 is 12.8. The summed E-state index contributed by atoms with van der Waals surface area (Å²) in [5.74, 6) is -0.682. The lowest BCUT2D eigenvalue weighted by Crippen LogP contribution is -2.58. The molecular weight excluding hydrogens is 235 g/mol. The van der Waals surface area contributed by atoms with Crippen LogP contribution >= 0.6 is 0 Å². The maximum Gasteiger partial charge on any atom is 0.250 e. The second-order valence-electron chi connectivity index (χ2n) is 4.31. The number of anilines is 1. The van der Waals surface area contributed by atoms with Crippen LogP contribution in [0.25, 0.3) is 0 Å². The van der Waals surface area contributed by atoms with E-state index in [1.807, 2.05) is 6.92 Å². The molecule has 0 aliphatic carbocycles. The van der Waals surface area contributed by atoms with E-state index >= 15 is 0 Å². The molecule has 1 atom stereocenters. The van der Waals surface area contributed by atoms with Gasteiger partial charge in [0.2, 0.25) is 11.8 Å². The Morgan fingerprint density at radius 3 is 2.61 bits per heavy atom. The topological polar surface area (TPSA) is 49.4 Å². The van der Waals surface area contributed by atoms with E-state index in [0.717, 1.165) is 6.42 Å². The summed E-state index contributed by atoms with van der Waals surface area (Å²) >= 11 is 0. The predicted molar refractivity (Wildman–Crippen MR) is 65.6 cm³/mol. The fourth-order valence-electron chi connectivity index (χ4n) is 2.04. The Hall–Kier alpha value is -1.91. The quantitative estimate of drug-likeness (QED) is 0.882. The van der Waals surface area contributed by atoms with Crippen molar-refractivity contribution >= 4 is 17.5 Å². The van der Waals surface area contributed by atoms with E-state index in [-0.39, 0.29) is 24.2 Å². The number of carbonyl (C=O) groups is 2. The molecule has 2 amide bonds. The van der Waals surface area contributed by atoms with Crippen LogP contribution in [-0.4, -0.2) is 24.4 Å². The molecular formula is C13H15FN2O2. The molecule has 1 aliphatic heterocycles. The highest BCUT2D eigenvalue weighted by molar-refractivity contribution is 6.06. The molecule has 96 valence electrons. The van der Waals surface area contributed by atoms with Crippen molar-refractivity contribution in [2.75, 3.05) is 11.4 Å². The van der Waals surface area contributed by atoms with Gasteiger partial charge in [-0.05, 0) is 30.7 Å². The van der Waals surface area contributed by atoms with Crippen molar-refractivity contribution in [2.24, 2.45) is 0 Å². The molecule has 1 unspecified atom stereocenters. The number of benzene rings is 1. The molecule has 1 heterocycles. The van der Waals surface area contributed by atoms with Gasteiger partial charge in [0, 0.05) is 5.69 Å². The highest BCUT2D eigenvalue weighted by Gasteiger charge is 2.32. The van der Waals surface area contributed by atoms with Crippen LogP contribution in [0.5, 0.6) is 0 Å². The Kier molecular flexibility index (Phi) is 3.60. The first-order valence-corrected chi connectivity index (χ1v) is 5.98. The van der Waals surface area contributed by atoms with E-state index in [0.29, 0.717) is 12.1 Å². The first-order chi connectivity index (χ1) is 8.61. The Morgan fingerprint density at radius 2 is 2.00 bits per heavy atom. The summed E-state index contributed by atoms with van der Waals surface area (Å²) in [4.78, 5) is 25.1. The minimum atomic E-state index is -0.471. The van der Waals surface area contributed by atoms with Crippen LogP contribution in [0.15, 0.2) is 24.3 Å². The summed E-state index contributed by atoms with van der Waals surface area (Å²) in [7, 11) is 0. The summed E-state index contributed by atoms with van der Waals surface area (Å²) in [6.07, 6.45) is 1.43. The van der Waals surface area contributed by atoms with Gasteiger partial charge in [-0.1, -0.05) is 13.3 Å². The smallest absolute Gasteiger partial charge is 0.250 e. The zero-order valence-corrected chi connectivity index (χ0v) is 10.1. The van der Waals surface area contributed by atoms with Gasteiger partial charge in [0.15, 0.2) is 0 Å². The number of hydrogen-bond donors (Lipinski definition) is 1. The molecule has 4 nitrogen and oxygen atoms in total. The number of hydrogen-bond acceptors (Lipinski definition) is 2. The predicted octanol–water partition coefficient (Wildman–Crippen LogP) is 1.46. The molecule has 5 heteroatoms. The van der Waals surface area contributed by atoms with Gasteiger partial charge in [0.1, 0.15) is 18.4 Å². The average molecular weight is 250 g/mol. The van der Waals surface area contributed by atoms with Crippen LogP contribution in [0, 0.1) is 5.82 Å². The molecule has 1 aromatic carbocycles. The summed E-state index contributed by atoms with van der Waals surface area (Å²) in [5, 5.41) is 2.67. The molecule has 1 aromatic rings.